The summed E-state index contributed by atoms with van der Waals surface area (Å²) in [5, 5.41) is 2.97. The molecule has 1 spiro atoms. The molecule has 32 heavy (non-hydrogen) atoms. The van der Waals surface area contributed by atoms with Gasteiger partial charge < -0.3 is 5.32 Å². The number of sulfonamides is 1. The van der Waals surface area contributed by atoms with Crippen molar-refractivity contribution >= 4 is 44.9 Å². The van der Waals surface area contributed by atoms with E-state index in [9.17, 15) is 18.0 Å². The van der Waals surface area contributed by atoms with Crippen molar-refractivity contribution in [2.24, 2.45) is 0 Å². The van der Waals surface area contributed by atoms with E-state index in [1.165, 1.54) is 15.3 Å². The number of benzene rings is 1. The second kappa shape index (κ2) is 8.11. The number of imide groups is 1. The Morgan fingerprint density at radius 3 is 2.53 bits per heavy atom. The molecule has 2 fully saturated rings. The maximum Gasteiger partial charge on any atom is 0.326 e. The van der Waals surface area contributed by atoms with E-state index in [2.05, 4.69) is 5.32 Å². The molecule has 5 rings (SSSR count). The van der Waals surface area contributed by atoms with E-state index in [1.54, 1.807) is 6.07 Å². The summed E-state index contributed by atoms with van der Waals surface area (Å²) in [6.07, 6.45) is 2.31. The van der Waals surface area contributed by atoms with E-state index in [0.717, 1.165) is 35.3 Å². The van der Waals surface area contributed by atoms with Gasteiger partial charge in [0.2, 0.25) is 0 Å². The molecule has 2 saturated heterocycles. The van der Waals surface area contributed by atoms with Gasteiger partial charge in [-0.2, -0.15) is 4.31 Å². The van der Waals surface area contributed by atoms with Crippen LogP contribution >= 0.6 is 22.9 Å². The van der Waals surface area contributed by atoms with Crippen LogP contribution < -0.4 is 5.32 Å². The number of thiophene rings is 1. The fourth-order valence-corrected chi connectivity index (χ4v) is 7.87. The topological polar surface area (TPSA) is 90.0 Å². The number of aryl methyl sites for hydroxylation is 1. The summed E-state index contributed by atoms with van der Waals surface area (Å²) in [5.74, 6) is -0.224. The first-order valence-electron chi connectivity index (χ1n) is 10.5. The van der Waals surface area contributed by atoms with Crippen LogP contribution in [0.3, 0.4) is 0 Å². The number of hydrogen-bond donors (Lipinski definition) is 1. The maximum absolute atomic E-state index is 13.4. The third-order valence-corrected chi connectivity index (χ3v) is 10.1. The lowest BCUT2D eigenvalue weighted by molar-refractivity contribution is -0.133. The Kier molecular flexibility index (Phi) is 5.53. The minimum Gasteiger partial charge on any atom is -0.319 e. The van der Waals surface area contributed by atoms with Crippen LogP contribution in [0.1, 0.15) is 24.0 Å². The quantitative estimate of drug-likeness (QED) is 0.659. The highest BCUT2D eigenvalue weighted by Crippen LogP contribution is 2.40. The van der Waals surface area contributed by atoms with Crippen molar-refractivity contribution in [2.45, 2.75) is 29.0 Å². The lowest BCUT2D eigenvalue weighted by atomic mass is 9.76. The molecule has 1 aromatic carbocycles. The van der Waals surface area contributed by atoms with Gasteiger partial charge in [0.15, 0.2) is 0 Å². The summed E-state index contributed by atoms with van der Waals surface area (Å²) in [4.78, 5) is 29.5. The Bertz CT molecular complexity index is 1180. The first kappa shape index (κ1) is 21.8. The number of nitrogens with one attached hydrogen (secondary N) is 1. The third kappa shape index (κ3) is 3.54. The van der Waals surface area contributed by atoms with Crippen LogP contribution in [-0.4, -0.2) is 67.3 Å². The Balaban J connectivity index is 1.27. The van der Waals surface area contributed by atoms with Crippen molar-refractivity contribution in [3.05, 3.63) is 51.9 Å². The van der Waals surface area contributed by atoms with E-state index < -0.39 is 21.6 Å². The van der Waals surface area contributed by atoms with Gasteiger partial charge in [-0.05, 0) is 42.5 Å². The van der Waals surface area contributed by atoms with Crippen molar-refractivity contribution in [1.82, 2.24) is 19.4 Å². The molecule has 0 radical (unpaired) electrons. The molecule has 1 N–H and O–H groups in total. The van der Waals surface area contributed by atoms with Crippen molar-refractivity contribution < 1.29 is 18.0 Å². The van der Waals surface area contributed by atoms with E-state index >= 15 is 0 Å². The van der Waals surface area contributed by atoms with Crippen LogP contribution in [0.15, 0.2) is 40.6 Å². The molecule has 0 saturated carbocycles. The molecule has 3 amide bonds. The summed E-state index contributed by atoms with van der Waals surface area (Å²) < 4.78 is 27.7. The number of hydrogen-bond acceptors (Lipinski definition) is 6. The highest BCUT2D eigenvalue weighted by atomic mass is 35.5. The van der Waals surface area contributed by atoms with Gasteiger partial charge in [-0.1, -0.05) is 35.9 Å². The van der Waals surface area contributed by atoms with Crippen LogP contribution in [0.2, 0.25) is 4.34 Å². The predicted octanol–water partition coefficient (Wildman–Crippen LogP) is 2.45. The van der Waals surface area contributed by atoms with Gasteiger partial charge in [-0.15, -0.1) is 11.3 Å². The number of nitrogens with zero attached hydrogens (tertiary/aromatic N) is 3. The molecule has 2 aromatic rings. The SMILES string of the molecule is O=C1NC2(CCCc3ccccc32)C(=O)N1CN1CCN(S(=O)(=O)c2ccc(Cl)s2)CC1. The standard InChI is InChI=1S/C21H23ClN4O4S2/c22-17-7-8-18(31-17)32(29,30)25-12-10-24(11-13-25)14-26-19(27)21(23-20(26)28)9-3-5-15-4-1-2-6-16(15)21/h1-2,4,6-8H,3,5,9-14H2,(H,23,28). The molecule has 1 unspecified atom stereocenters. The van der Waals surface area contributed by atoms with E-state index in [4.69, 9.17) is 11.6 Å². The lowest BCUT2D eigenvalue weighted by Crippen LogP contribution is -2.53. The Morgan fingerprint density at radius 2 is 1.81 bits per heavy atom. The molecule has 170 valence electrons. The van der Waals surface area contributed by atoms with Crippen LogP contribution in [0.4, 0.5) is 4.79 Å². The number of piperazine rings is 1. The summed E-state index contributed by atoms with van der Waals surface area (Å²) in [7, 11) is -3.59. The minimum absolute atomic E-state index is 0.146. The molecule has 3 heterocycles. The van der Waals surface area contributed by atoms with Crippen LogP contribution in [0.5, 0.6) is 0 Å². The highest BCUT2D eigenvalue weighted by Gasteiger charge is 2.54. The van der Waals surface area contributed by atoms with Gasteiger partial charge in [0.05, 0.1) is 11.0 Å². The third-order valence-electron chi connectivity index (χ3n) is 6.47. The number of fused-ring (bicyclic) bond motifs is 2. The van der Waals surface area contributed by atoms with Gasteiger partial charge in [-0.25, -0.2) is 18.1 Å². The molecule has 1 aliphatic carbocycles. The van der Waals surface area contributed by atoms with Crippen LogP contribution in [0, 0.1) is 0 Å². The fraction of sp³-hybridized carbons (Fsp3) is 0.429. The molecule has 1 atom stereocenters. The zero-order chi connectivity index (χ0) is 22.5. The number of halogens is 1. The molecule has 3 aliphatic rings. The number of urea groups is 1. The molecule has 0 bridgehead atoms. The second-order valence-corrected chi connectivity index (χ2v) is 12.2. The average molecular weight is 495 g/mol. The Labute approximate surface area is 195 Å². The Morgan fingerprint density at radius 1 is 1.06 bits per heavy atom. The first-order valence-corrected chi connectivity index (χ1v) is 13.1. The summed E-state index contributed by atoms with van der Waals surface area (Å²) >= 11 is 6.94. The number of amides is 3. The van der Waals surface area contributed by atoms with Crippen molar-refractivity contribution in [2.75, 3.05) is 32.8 Å². The van der Waals surface area contributed by atoms with Gasteiger partial charge in [-0.3, -0.25) is 9.69 Å². The van der Waals surface area contributed by atoms with Crippen LogP contribution in [-0.2, 0) is 26.8 Å². The highest BCUT2D eigenvalue weighted by molar-refractivity contribution is 7.91. The van der Waals surface area contributed by atoms with Gasteiger partial charge in [0.1, 0.15) is 9.75 Å². The smallest absolute Gasteiger partial charge is 0.319 e. The zero-order valence-corrected chi connectivity index (χ0v) is 19.7. The Hall–Kier alpha value is -1.98. The number of rotatable bonds is 4. The van der Waals surface area contributed by atoms with Gasteiger partial charge >= 0.3 is 6.03 Å². The molecular weight excluding hydrogens is 472 g/mol. The van der Waals surface area contributed by atoms with Gasteiger partial charge in [0, 0.05) is 26.2 Å². The summed E-state index contributed by atoms with van der Waals surface area (Å²) in [5.41, 5.74) is 0.995. The average Bonchev–Trinajstić information content (AvgIpc) is 3.33. The van der Waals surface area contributed by atoms with E-state index in [0.29, 0.717) is 23.8 Å². The van der Waals surface area contributed by atoms with Gasteiger partial charge in [0.25, 0.3) is 15.9 Å². The van der Waals surface area contributed by atoms with Crippen LogP contribution in [0.25, 0.3) is 0 Å². The largest absolute Gasteiger partial charge is 0.326 e. The normalized spacial score (nSPS) is 24.7. The molecular formula is C21H23ClN4O4S2. The molecule has 8 nitrogen and oxygen atoms in total. The minimum atomic E-state index is -3.59. The maximum atomic E-state index is 13.4. The summed E-state index contributed by atoms with van der Waals surface area (Å²) in [6, 6.07) is 10.5. The second-order valence-electron chi connectivity index (χ2n) is 8.30. The number of carbonyl (C=O) groups is 2. The molecule has 1 aromatic heterocycles. The molecule has 11 heteroatoms. The predicted molar refractivity (Wildman–Crippen MR) is 121 cm³/mol. The number of carbonyl (C=O) groups excluding carboxylic acids is 2. The van der Waals surface area contributed by atoms with E-state index in [1.807, 2.05) is 29.2 Å². The van der Waals surface area contributed by atoms with Crippen molar-refractivity contribution in [3.8, 4) is 0 Å². The zero-order valence-electron chi connectivity index (χ0n) is 17.3. The molecule has 2 aliphatic heterocycles. The monoisotopic (exact) mass is 494 g/mol. The van der Waals surface area contributed by atoms with Crippen molar-refractivity contribution in [1.29, 1.82) is 0 Å². The summed E-state index contributed by atoms with van der Waals surface area (Å²) in [6.45, 7) is 1.58. The van der Waals surface area contributed by atoms with Crippen molar-refractivity contribution in [3.63, 3.8) is 0 Å². The fourth-order valence-electron chi connectivity index (χ4n) is 4.81. The van der Waals surface area contributed by atoms with E-state index in [-0.39, 0.29) is 29.9 Å². The first-order chi connectivity index (χ1) is 15.3. The lowest BCUT2D eigenvalue weighted by Gasteiger charge is -2.36.